The fraction of sp³-hybridized carbons (Fsp3) is 0.174. The third kappa shape index (κ3) is 2.35. The summed E-state index contributed by atoms with van der Waals surface area (Å²) in [6, 6.07) is 21.8. The highest BCUT2D eigenvalue weighted by molar-refractivity contribution is 9.10. The van der Waals surface area contributed by atoms with E-state index < -0.39 is 0 Å². The summed E-state index contributed by atoms with van der Waals surface area (Å²) >= 11 is 9.67. The topological polar surface area (TPSA) is 0 Å². The summed E-state index contributed by atoms with van der Waals surface area (Å²) in [6.07, 6.45) is 3.26. The number of rotatable bonds is 1. The predicted octanol–water partition coefficient (Wildman–Crippen LogP) is 6.47. The Labute approximate surface area is 162 Å². The van der Waals surface area contributed by atoms with E-state index in [0.717, 1.165) is 24.1 Å². The van der Waals surface area contributed by atoms with E-state index in [1.165, 1.54) is 43.4 Å². The number of thiocarbonyl (C=S) groups is 1. The van der Waals surface area contributed by atoms with Gasteiger partial charge in [-0.2, -0.15) is 0 Å². The van der Waals surface area contributed by atoms with E-state index >= 15 is 0 Å². The molecule has 0 spiro atoms. The maximum Gasteiger partial charge on any atom is 0.0302 e. The van der Waals surface area contributed by atoms with Crippen molar-refractivity contribution in [3.05, 3.63) is 93.0 Å². The van der Waals surface area contributed by atoms with Gasteiger partial charge in [0.15, 0.2) is 0 Å². The molecule has 0 saturated heterocycles. The molecule has 5 rings (SSSR count). The second-order valence-corrected chi connectivity index (χ2v) is 8.22. The SMILES string of the molecule is S=C1c2ccc3c(c2CCC1c1ccccc1Br)Cc1ccccc1-3. The maximum absolute atomic E-state index is 5.96. The number of hydrogen-bond donors (Lipinski definition) is 0. The van der Waals surface area contributed by atoms with Crippen LogP contribution >= 0.6 is 28.1 Å². The second-order valence-electron chi connectivity index (χ2n) is 6.93. The summed E-state index contributed by atoms with van der Waals surface area (Å²) in [5.41, 5.74) is 9.88. The highest BCUT2D eigenvalue weighted by Gasteiger charge is 2.31. The molecule has 3 aromatic rings. The molecule has 1 atom stereocenters. The minimum atomic E-state index is 0.333. The van der Waals surface area contributed by atoms with E-state index in [-0.39, 0.29) is 0 Å². The van der Waals surface area contributed by atoms with Crippen molar-refractivity contribution in [1.29, 1.82) is 0 Å². The van der Waals surface area contributed by atoms with Gasteiger partial charge in [-0.05, 0) is 64.3 Å². The molecule has 0 heterocycles. The third-order valence-electron chi connectivity index (χ3n) is 5.65. The Morgan fingerprint density at radius 2 is 1.56 bits per heavy atom. The van der Waals surface area contributed by atoms with Crippen LogP contribution in [0.15, 0.2) is 65.1 Å². The first kappa shape index (κ1) is 15.5. The van der Waals surface area contributed by atoms with E-state index in [4.69, 9.17) is 12.2 Å². The van der Waals surface area contributed by atoms with E-state index in [0.29, 0.717) is 5.92 Å². The van der Waals surface area contributed by atoms with Crippen LogP contribution < -0.4 is 0 Å². The summed E-state index contributed by atoms with van der Waals surface area (Å²) < 4.78 is 1.17. The van der Waals surface area contributed by atoms with Gasteiger partial charge in [-0.1, -0.05) is 82.7 Å². The van der Waals surface area contributed by atoms with Crippen LogP contribution in [0.25, 0.3) is 11.1 Å². The molecular formula is C23H17BrS. The van der Waals surface area contributed by atoms with Gasteiger partial charge in [0.25, 0.3) is 0 Å². The van der Waals surface area contributed by atoms with E-state index in [1.807, 2.05) is 0 Å². The molecule has 0 N–H and O–H groups in total. The summed E-state index contributed by atoms with van der Waals surface area (Å²) in [6.45, 7) is 0. The molecule has 1 unspecified atom stereocenters. The first-order valence-electron chi connectivity index (χ1n) is 8.75. The smallest absolute Gasteiger partial charge is 0.0302 e. The van der Waals surface area contributed by atoms with Gasteiger partial charge >= 0.3 is 0 Å². The Balaban J connectivity index is 1.60. The molecule has 25 heavy (non-hydrogen) atoms. The van der Waals surface area contributed by atoms with E-state index in [9.17, 15) is 0 Å². The van der Waals surface area contributed by atoms with Gasteiger partial charge in [-0.25, -0.2) is 0 Å². The van der Waals surface area contributed by atoms with Crippen LogP contribution in [-0.2, 0) is 12.8 Å². The molecule has 0 amide bonds. The molecule has 0 fully saturated rings. The number of benzene rings is 3. The van der Waals surface area contributed by atoms with Crippen LogP contribution in [0.4, 0.5) is 0 Å². The van der Waals surface area contributed by atoms with Crippen molar-refractivity contribution in [3.63, 3.8) is 0 Å². The lowest BCUT2D eigenvalue weighted by Crippen LogP contribution is -2.21. The van der Waals surface area contributed by atoms with Crippen LogP contribution in [0.2, 0.25) is 0 Å². The van der Waals surface area contributed by atoms with Crippen molar-refractivity contribution in [1.82, 2.24) is 0 Å². The fourth-order valence-electron chi connectivity index (χ4n) is 4.45. The van der Waals surface area contributed by atoms with Crippen molar-refractivity contribution in [3.8, 4) is 11.1 Å². The second kappa shape index (κ2) is 5.89. The molecule has 2 heteroatoms. The van der Waals surface area contributed by atoms with Crippen molar-refractivity contribution >= 4 is 33.0 Å². The van der Waals surface area contributed by atoms with Crippen molar-refractivity contribution in [2.75, 3.05) is 0 Å². The van der Waals surface area contributed by atoms with Gasteiger partial charge in [-0.15, -0.1) is 0 Å². The minimum Gasteiger partial charge on any atom is -0.0836 e. The number of hydrogen-bond acceptors (Lipinski definition) is 1. The molecular weight excluding hydrogens is 388 g/mol. The number of fused-ring (bicyclic) bond motifs is 5. The zero-order valence-corrected chi connectivity index (χ0v) is 16.2. The predicted molar refractivity (Wildman–Crippen MR) is 112 cm³/mol. The van der Waals surface area contributed by atoms with Crippen LogP contribution in [0.3, 0.4) is 0 Å². The molecule has 3 aromatic carbocycles. The lowest BCUT2D eigenvalue weighted by Gasteiger charge is -2.28. The highest BCUT2D eigenvalue weighted by atomic mass is 79.9. The van der Waals surface area contributed by atoms with Crippen molar-refractivity contribution in [2.24, 2.45) is 0 Å². The number of halogens is 1. The van der Waals surface area contributed by atoms with Gasteiger partial charge in [0, 0.05) is 15.3 Å². The lowest BCUT2D eigenvalue weighted by atomic mass is 9.77. The highest BCUT2D eigenvalue weighted by Crippen LogP contribution is 2.44. The molecule has 2 aliphatic rings. The molecule has 0 aromatic heterocycles. The Hall–Kier alpha value is -1.77. The molecule has 0 bridgehead atoms. The Morgan fingerprint density at radius 3 is 2.44 bits per heavy atom. The molecule has 0 radical (unpaired) electrons. The zero-order chi connectivity index (χ0) is 17.0. The molecule has 2 aliphatic carbocycles. The molecule has 122 valence electrons. The summed E-state index contributed by atoms with van der Waals surface area (Å²) in [4.78, 5) is 1.10. The van der Waals surface area contributed by atoms with Crippen LogP contribution in [-0.4, -0.2) is 4.86 Å². The van der Waals surface area contributed by atoms with Gasteiger partial charge in [0.1, 0.15) is 0 Å². The minimum absolute atomic E-state index is 0.333. The maximum atomic E-state index is 5.96. The van der Waals surface area contributed by atoms with Crippen LogP contribution in [0, 0.1) is 0 Å². The largest absolute Gasteiger partial charge is 0.0836 e. The molecule has 0 nitrogen and oxygen atoms in total. The molecule has 0 saturated carbocycles. The Morgan fingerprint density at radius 1 is 0.800 bits per heavy atom. The summed E-state index contributed by atoms with van der Waals surface area (Å²) in [5, 5.41) is 0. The van der Waals surface area contributed by atoms with Crippen LogP contribution in [0.1, 0.15) is 40.2 Å². The van der Waals surface area contributed by atoms with Crippen LogP contribution in [0.5, 0.6) is 0 Å². The average Bonchev–Trinajstić information content (AvgIpc) is 3.02. The van der Waals surface area contributed by atoms with Crippen molar-refractivity contribution in [2.45, 2.75) is 25.2 Å². The van der Waals surface area contributed by atoms with Gasteiger partial charge in [-0.3, -0.25) is 0 Å². The van der Waals surface area contributed by atoms with Crippen molar-refractivity contribution < 1.29 is 0 Å². The fourth-order valence-corrected chi connectivity index (χ4v) is 5.45. The zero-order valence-electron chi connectivity index (χ0n) is 13.8. The first-order valence-corrected chi connectivity index (χ1v) is 9.96. The quantitative estimate of drug-likeness (QED) is 0.327. The van der Waals surface area contributed by atoms with E-state index in [1.54, 1.807) is 0 Å². The summed E-state index contributed by atoms with van der Waals surface area (Å²) in [5.74, 6) is 0.333. The Kier molecular flexibility index (Phi) is 3.65. The normalized spacial score (nSPS) is 17.8. The Bertz CT molecular complexity index is 1020. The van der Waals surface area contributed by atoms with E-state index in [2.05, 4.69) is 76.6 Å². The third-order valence-corrected chi connectivity index (χ3v) is 6.88. The van der Waals surface area contributed by atoms with Gasteiger partial charge in [0.2, 0.25) is 0 Å². The van der Waals surface area contributed by atoms with Gasteiger partial charge in [0.05, 0.1) is 0 Å². The molecule has 0 aliphatic heterocycles. The summed E-state index contributed by atoms with van der Waals surface area (Å²) in [7, 11) is 0. The standard InChI is InChI=1S/C23H17BrS/c24-22-8-4-3-7-18(22)20-12-10-17-19(23(20)25)11-9-16-15-6-2-1-5-14(15)13-21(16)17/h1-9,11,20H,10,12-13H2. The van der Waals surface area contributed by atoms with Gasteiger partial charge < -0.3 is 0 Å². The monoisotopic (exact) mass is 404 g/mol. The average molecular weight is 405 g/mol. The first-order chi connectivity index (χ1) is 12.2. The lowest BCUT2D eigenvalue weighted by molar-refractivity contribution is 0.745.